The van der Waals surface area contributed by atoms with Crippen LogP contribution in [-0.2, 0) is 42.7 Å². The van der Waals surface area contributed by atoms with Crippen molar-refractivity contribution in [3.63, 3.8) is 0 Å². The molecule has 1 unspecified atom stereocenters. The lowest BCUT2D eigenvalue weighted by Crippen LogP contribution is -2.61. The molecule has 9 aliphatic heterocycles. The van der Waals surface area contributed by atoms with Crippen LogP contribution in [0.2, 0.25) is 0 Å². The number of hydrogen-bond acceptors (Lipinski definition) is 11. The number of ketones is 1. The van der Waals surface area contributed by atoms with Gasteiger partial charge >= 0.3 is 0 Å². The van der Waals surface area contributed by atoms with Crippen molar-refractivity contribution in [3.8, 4) is 0 Å². The van der Waals surface area contributed by atoms with Crippen molar-refractivity contribution in [1.82, 2.24) is 0 Å². The second-order valence-electron chi connectivity index (χ2n) is 18.0. The number of rotatable bonds is 4. The molecule has 0 aromatic heterocycles. The van der Waals surface area contributed by atoms with Crippen LogP contribution in [0.3, 0.4) is 0 Å². The molecule has 1 saturated carbocycles. The van der Waals surface area contributed by atoms with E-state index in [2.05, 4.69) is 20.1 Å². The Kier molecular flexibility index (Phi) is 10.0. The van der Waals surface area contributed by atoms with Gasteiger partial charge in [-0.1, -0.05) is 20.1 Å². The summed E-state index contributed by atoms with van der Waals surface area (Å²) in [6, 6.07) is 0. The van der Waals surface area contributed by atoms with Crippen molar-refractivity contribution >= 4 is 5.78 Å². The normalized spacial score (nSPS) is 52.4. The van der Waals surface area contributed by atoms with Gasteiger partial charge in [0.25, 0.3) is 0 Å². The Morgan fingerprint density at radius 1 is 0.827 bits per heavy atom. The number of carbonyl (C=O) groups excluding carboxylic acids is 1. The monoisotopic (exact) mass is 727 g/mol. The van der Waals surface area contributed by atoms with Gasteiger partial charge in [-0.15, -0.1) is 0 Å². The molecular weight excluding hydrogens is 666 g/mol. The standard InChI is InChI=1S/C41H61NO10/c1-20-11-27-5-7-31-21(2)12-29(46-31)9-10-41-18-34-37(51-41)38-39(50-34)40(52-41)36-32(49-38)8-6-28(48-36)16-25(43)17-30-23(15-33(47-27)22(20)3)13-24(35(30)45-4)14-26(44)19-42/h20,23-24,26-40,44H,2-3,5-19,42H2,1,4H3/t20-,23+,24-,26+,27+,28-,29+,30+,31+,32+,33-,34-,35+,36?,37+,38+,39-,40+,41+/m1/s1. The summed E-state index contributed by atoms with van der Waals surface area (Å²) < 4.78 is 53.6. The molecule has 290 valence electrons. The van der Waals surface area contributed by atoms with Gasteiger partial charge in [0.2, 0.25) is 0 Å². The van der Waals surface area contributed by atoms with E-state index in [0.29, 0.717) is 38.0 Å². The Morgan fingerprint density at radius 3 is 2.40 bits per heavy atom. The predicted molar refractivity (Wildman–Crippen MR) is 189 cm³/mol. The maximum absolute atomic E-state index is 14.1. The lowest BCUT2D eigenvalue weighted by Gasteiger charge is -2.47. The van der Waals surface area contributed by atoms with E-state index in [-0.39, 0.29) is 109 Å². The molecule has 0 aromatic carbocycles. The number of aliphatic hydroxyl groups excluding tert-OH is 1. The van der Waals surface area contributed by atoms with Gasteiger partial charge in [0, 0.05) is 39.3 Å². The molecule has 9 saturated heterocycles. The number of fused-ring (bicyclic) bond motifs is 6. The Balaban J connectivity index is 0.994. The molecule has 19 atom stereocenters. The second kappa shape index (κ2) is 14.4. The fraction of sp³-hybridized carbons (Fsp3) is 0.878. The fourth-order valence-corrected chi connectivity index (χ4v) is 12.0. The van der Waals surface area contributed by atoms with Gasteiger partial charge in [0.15, 0.2) is 5.79 Å². The minimum Gasteiger partial charge on any atom is -0.392 e. The first-order chi connectivity index (χ1) is 25.1. The maximum atomic E-state index is 14.1. The zero-order chi connectivity index (χ0) is 35.9. The van der Waals surface area contributed by atoms with Crippen LogP contribution in [0, 0.1) is 23.7 Å². The largest absolute Gasteiger partial charge is 0.392 e. The summed E-state index contributed by atoms with van der Waals surface area (Å²) in [7, 11) is 1.74. The summed E-state index contributed by atoms with van der Waals surface area (Å²) in [4.78, 5) is 14.1. The van der Waals surface area contributed by atoms with E-state index in [1.807, 2.05) is 0 Å². The lowest BCUT2D eigenvalue weighted by molar-refractivity contribution is -0.292. The highest BCUT2D eigenvalue weighted by Gasteiger charge is 2.68. The molecule has 12 bridgehead atoms. The van der Waals surface area contributed by atoms with Crippen LogP contribution in [0.1, 0.15) is 96.8 Å². The molecule has 1 spiro atoms. The molecule has 1 aliphatic carbocycles. The molecule has 9 heterocycles. The minimum absolute atomic E-state index is 0.00232. The molecule has 10 fully saturated rings. The third kappa shape index (κ3) is 6.60. The first-order valence-corrected chi connectivity index (χ1v) is 20.5. The predicted octanol–water partition coefficient (Wildman–Crippen LogP) is 4.31. The molecule has 52 heavy (non-hydrogen) atoms. The number of methoxy groups -OCH3 is 1. The summed E-state index contributed by atoms with van der Waals surface area (Å²) in [5.41, 5.74) is 8.17. The van der Waals surface area contributed by atoms with E-state index in [9.17, 15) is 9.90 Å². The van der Waals surface area contributed by atoms with Crippen molar-refractivity contribution in [3.05, 3.63) is 24.3 Å². The van der Waals surface area contributed by atoms with E-state index < -0.39 is 11.9 Å². The zero-order valence-electron chi connectivity index (χ0n) is 31.1. The Labute approximate surface area is 308 Å². The molecule has 11 heteroatoms. The maximum Gasteiger partial charge on any atom is 0.172 e. The van der Waals surface area contributed by atoms with Crippen molar-refractivity contribution in [2.24, 2.45) is 29.4 Å². The molecule has 10 aliphatic rings. The summed E-state index contributed by atoms with van der Waals surface area (Å²) >= 11 is 0. The zero-order valence-corrected chi connectivity index (χ0v) is 31.1. The number of Topliss-reactive ketones (excluding diaryl/α,β-unsaturated/α-hetero) is 1. The minimum atomic E-state index is -0.766. The quantitative estimate of drug-likeness (QED) is 0.401. The summed E-state index contributed by atoms with van der Waals surface area (Å²) in [5.74, 6) is 0.0391. The molecule has 11 nitrogen and oxygen atoms in total. The van der Waals surface area contributed by atoms with E-state index in [1.165, 1.54) is 0 Å². The van der Waals surface area contributed by atoms with Crippen LogP contribution in [0.5, 0.6) is 0 Å². The third-order valence-electron chi connectivity index (χ3n) is 14.6. The summed E-state index contributed by atoms with van der Waals surface area (Å²) in [5, 5.41) is 10.6. The van der Waals surface area contributed by atoms with Crippen LogP contribution in [0.15, 0.2) is 24.3 Å². The Hall–Kier alpha value is -1.25. The van der Waals surface area contributed by atoms with Crippen LogP contribution < -0.4 is 5.73 Å². The van der Waals surface area contributed by atoms with Crippen LogP contribution in [0.25, 0.3) is 0 Å². The number of carbonyl (C=O) groups is 1. The molecule has 10 rings (SSSR count). The van der Waals surface area contributed by atoms with Crippen molar-refractivity contribution in [2.45, 2.75) is 188 Å². The molecule has 0 amide bonds. The van der Waals surface area contributed by atoms with Crippen molar-refractivity contribution in [2.75, 3.05) is 13.7 Å². The Morgan fingerprint density at radius 2 is 1.58 bits per heavy atom. The number of hydrogen-bond donors (Lipinski definition) is 2. The lowest BCUT2D eigenvalue weighted by atomic mass is 9.79. The average molecular weight is 728 g/mol. The third-order valence-corrected chi connectivity index (χ3v) is 14.6. The van der Waals surface area contributed by atoms with Gasteiger partial charge in [-0.25, -0.2) is 0 Å². The van der Waals surface area contributed by atoms with Gasteiger partial charge < -0.3 is 48.7 Å². The van der Waals surface area contributed by atoms with E-state index in [4.69, 9.17) is 43.6 Å². The SMILES string of the molecule is C=C1C[C@@H]2CC[C@@]34C[C@H]5O[C@@H]6[C@@H](O[C@H]7CC[C@H](CC(=O)C[C@H]8[C@@H](C[C@H](C[C@H](O)CN)[C@@H]8OC)C[C@H]8O[C@@H](CC[C@@H]1O2)C[C@@H](C)C8=C)OC7[C@@H]6O3)[C@H]5O4. The van der Waals surface area contributed by atoms with E-state index in [0.717, 1.165) is 68.9 Å². The average Bonchev–Trinajstić information content (AvgIpc) is 3.79. The fourth-order valence-electron chi connectivity index (χ4n) is 12.0. The summed E-state index contributed by atoms with van der Waals surface area (Å²) in [6.07, 6.45) is 7.99. The van der Waals surface area contributed by atoms with Crippen molar-refractivity contribution in [1.29, 1.82) is 0 Å². The molecule has 3 N–H and O–H groups in total. The van der Waals surface area contributed by atoms with E-state index >= 15 is 0 Å². The highest BCUT2D eigenvalue weighted by Crippen LogP contribution is 2.55. The molecular formula is C41H61NO10. The van der Waals surface area contributed by atoms with Crippen molar-refractivity contribution < 1.29 is 47.8 Å². The van der Waals surface area contributed by atoms with Gasteiger partial charge in [0.05, 0.1) is 54.9 Å². The van der Waals surface area contributed by atoms with Crippen LogP contribution in [-0.4, -0.2) is 116 Å². The van der Waals surface area contributed by atoms with Crippen LogP contribution >= 0.6 is 0 Å². The van der Waals surface area contributed by atoms with Gasteiger partial charge in [0.1, 0.15) is 36.3 Å². The topological polar surface area (TPSA) is 137 Å². The number of aliphatic hydroxyl groups is 1. The number of nitrogens with two attached hydrogens (primary N) is 1. The molecule has 0 radical (unpaired) electrons. The van der Waals surface area contributed by atoms with Gasteiger partial charge in [-0.05, 0) is 99.0 Å². The first kappa shape index (κ1) is 36.4. The van der Waals surface area contributed by atoms with Gasteiger partial charge in [-0.3, -0.25) is 4.79 Å². The first-order valence-electron chi connectivity index (χ1n) is 20.5. The van der Waals surface area contributed by atoms with E-state index in [1.54, 1.807) is 7.11 Å². The second-order valence-corrected chi connectivity index (χ2v) is 18.0. The number of ether oxygens (including phenoxy) is 8. The summed E-state index contributed by atoms with van der Waals surface area (Å²) in [6.45, 7) is 11.4. The molecule has 0 aromatic rings. The van der Waals surface area contributed by atoms with Gasteiger partial charge in [-0.2, -0.15) is 0 Å². The van der Waals surface area contributed by atoms with Crippen LogP contribution in [0.4, 0.5) is 0 Å². The Bertz CT molecular complexity index is 1380. The highest BCUT2D eigenvalue weighted by atomic mass is 16.8. The highest BCUT2D eigenvalue weighted by molar-refractivity contribution is 5.79. The smallest absolute Gasteiger partial charge is 0.172 e.